The van der Waals surface area contributed by atoms with E-state index in [0.29, 0.717) is 0 Å². The van der Waals surface area contributed by atoms with Crippen molar-refractivity contribution in [1.29, 1.82) is 0 Å². The minimum Gasteiger partial charge on any atom is -0.793 e. The average molecular weight is 206 g/mol. The molecular weight excluding hydrogens is 204 g/mol. The molecule has 0 atom stereocenters. The van der Waals surface area contributed by atoms with Crippen LogP contribution < -0.4 is 24.0 Å². The van der Waals surface area contributed by atoms with Crippen LogP contribution in [0.25, 0.3) is 0 Å². The summed E-state index contributed by atoms with van der Waals surface area (Å²) in [5.41, 5.74) is 0. The molecular formula is C4H2F7LiO. The molecule has 13 heavy (non-hydrogen) atoms. The maximum Gasteiger partial charge on any atom is 1.00 e. The zero-order valence-electron chi connectivity index (χ0n) is 6.26. The predicted octanol–water partition coefficient (Wildman–Crippen LogP) is -1.82. The smallest absolute Gasteiger partial charge is 0.793 e. The van der Waals surface area contributed by atoms with Crippen molar-refractivity contribution < 1.29 is 54.7 Å². The number of halogens is 7. The summed E-state index contributed by atoms with van der Waals surface area (Å²) in [5, 5.41) is 9.20. The van der Waals surface area contributed by atoms with Gasteiger partial charge in [-0.25, -0.2) is 13.2 Å². The molecule has 0 aliphatic heterocycles. The van der Waals surface area contributed by atoms with Gasteiger partial charge in [0, 0.05) is 0 Å². The molecule has 0 saturated heterocycles. The Labute approximate surface area is 80.1 Å². The van der Waals surface area contributed by atoms with E-state index in [1.807, 2.05) is 0 Å². The summed E-state index contributed by atoms with van der Waals surface area (Å²) in [6.07, 6.45) is -6.19. The number of hydrogen-bond acceptors (Lipinski definition) is 1. The topological polar surface area (TPSA) is 23.1 Å². The molecule has 0 heterocycles. The van der Waals surface area contributed by atoms with E-state index in [2.05, 4.69) is 0 Å². The first-order chi connectivity index (χ1) is 5.06. The molecule has 0 fully saturated rings. The van der Waals surface area contributed by atoms with Crippen LogP contribution in [-0.2, 0) is 0 Å². The van der Waals surface area contributed by atoms with Gasteiger partial charge in [0.25, 0.3) is 6.11 Å². The molecule has 0 unspecified atom stereocenters. The second-order valence-electron chi connectivity index (χ2n) is 1.93. The minimum absolute atomic E-state index is 0. The standard InChI is InChI=1S/C4H2F7O.Li/c5-1-2(6,7)3(8,9)4(10,11)12;/h1H2;/q-1;+1. The molecule has 0 aliphatic carbocycles. The average Bonchev–Trinajstić information content (AvgIpc) is 1.85. The van der Waals surface area contributed by atoms with Gasteiger partial charge in [0.05, 0.1) is 0 Å². The second kappa shape index (κ2) is 4.07. The maximum absolute atomic E-state index is 11.7. The zero-order chi connectivity index (χ0) is 10.2. The maximum atomic E-state index is 11.7. The van der Waals surface area contributed by atoms with Gasteiger partial charge in [-0.2, -0.15) is 17.6 Å². The number of rotatable bonds is 3. The van der Waals surface area contributed by atoms with Crippen LogP contribution in [0.15, 0.2) is 0 Å². The Morgan fingerprint density at radius 2 is 1.23 bits per heavy atom. The van der Waals surface area contributed by atoms with Crippen molar-refractivity contribution in [3.8, 4) is 0 Å². The summed E-state index contributed by atoms with van der Waals surface area (Å²) < 4.78 is 80.1. The first kappa shape index (κ1) is 15.5. The van der Waals surface area contributed by atoms with E-state index >= 15 is 0 Å². The van der Waals surface area contributed by atoms with Crippen molar-refractivity contribution in [2.24, 2.45) is 0 Å². The third kappa shape index (κ3) is 2.76. The molecule has 0 amide bonds. The van der Waals surface area contributed by atoms with E-state index < -0.39 is 24.6 Å². The second-order valence-corrected chi connectivity index (χ2v) is 1.93. The van der Waals surface area contributed by atoms with Crippen molar-refractivity contribution >= 4 is 0 Å². The summed E-state index contributed by atoms with van der Waals surface area (Å²) in [6, 6.07) is 0. The molecule has 0 N–H and O–H groups in total. The quantitative estimate of drug-likeness (QED) is 0.394. The van der Waals surface area contributed by atoms with Gasteiger partial charge in [0.15, 0.2) is 6.67 Å². The fraction of sp³-hybridized carbons (Fsp3) is 1.00. The minimum atomic E-state index is -6.21. The van der Waals surface area contributed by atoms with Crippen LogP contribution in [-0.4, -0.2) is 24.6 Å². The van der Waals surface area contributed by atoms with Crippen LogP contribution in [0, 0.1) is 0 Å². The molecule has 1 nitrogen and oxygen atoms in total. The third-order valence-electron chi connectivity index (χ3n) is 0.993. The molecule has 0 aliphatic rings. The van der Waals surface area contributed by atoms with E-state index in [9.17, 15) is 35.8 Å². The molecule has 74 valence electrons. The van der Waals surface area contributed by atoms with E-state index in [-0.39, 0.29) is 18.9 Å². The van der Waals surface area contributed by atoms with Crippen molar-refractivity contribution in [1.82, 2.24) is 0 Å². The molecule has 0 bridgehead atoms. The Bertz CT molecular complexity index is 164. The van der Waals surface area contributed by atoms with E-state index in [0.717, 1.165) is 0 Å². The molecule has 0 rings (SSSR count). The van der Waals surface area contributed by atoms with Crippen molar-refractivity contribution in [3.63, 3.8) is 0 Å². The van der Waals surface area contributed by atoms with Gasteiger partial charge in [-0.1, -0.05) is 0 Å². The van der Waals surface area contributed by atoms with Crippen LogP contribution in [0.3, 0.4) is 0 Å². The Balaban J connectivity index is 0. The van der Waals surface area contributed by atoms with Crippen molar-refractivity contribution in [2.75, 3.05) is 6.67 Å². The third-order valence-corrected chi connectivity index (χ3v) is 0.993. The first-order valence-corrected chi connectivity index (χ1v) is 2.46. The van der Waals surface area contributed by atoms with Gasteiger partial charge in [-0.15, -0.1) is 0 Å². The van der Waals surface area contributed by atoms with Crippen LogP contribution in [0.4, 0.5) is 30.7 Å². The molecule has 9 heteroatoms. The van der Waals surface area contributed by atoms with Gasteiger partial charge >= 0.3 is 30.7 Å². The Morgan fingerprint density at radius 1 is 0.923 bits per heavy atom. The normalized spacial score (nSPS) is 13.8. The monoisotopic (exact) mass is 206 g/mol. The Morgan fingerprint density at radius 3 is 1.31 bits per heavy atom. The summed E-state index contributed by atoms with van der Waals surface area (Å²) in [6.45, 7) is -3.02. The van der Waals surface area contributed by atoms with Crippen molar-refractivity contribution in [2.45, 2.75) is 18.0 Å². The predicted molar refractivity (Wildman–Crippen MR) is 20.8 cm³/mol. The van der Waals surface area contributed by atoms with Crippen LogP contribution in [0.2, 0.25) is 0 Å². The Kier molecular flexibility index (Phi) is 4.86. The van der Waals surface area contributed by atoms with Crippen LogP contribution in [0.1, 0.15) is 0 Å². The summed E-state index contributed by atoms with van der Waals surface area (Å²) >= 11 is 0. The summed E-state index contributed by atoms with van der Waals surface area (Å²) in [4.78, 5) is 0. The van der Waals surface area contributed by atoms with E-state index in [1.54, 1.807) is 0 Å². The SMILES string of the molecule is [Li+].[O-]C(F)(F)C(F)(F)C(F)(F)CF. The Hall–Kier alpha value is 0.0674. The fourth-order valence-electron chi connectivity index (χ4n) is 0.297. The molecule has 0 saturated carbocycles. The first-order valence-electron chi connectivity index (χ1n) is 2.46. The van der Waals surface area contributed by atoms with Gasteiger partial charge in [0.1, 0.15) is 0 Å². The number of alkyl halides is 7. The molecule has 0 spiro atoms. The zero-order valence-corrected chi connectivity index (χ0v) is 6.26. The van der Waals surface area contributed by atoms with E-state index in [1.165, 1.54) is 0 Å². The van der Waals surface area contributed by atoms with Gasteiger partial charge in [-0.3, -0.25) is 0 Å². The summed E-state index contributed by atoms with van der Waals surface area (Å²) in [5.74, 6) is -11.9. The van der Waals surface area contributed by atoms with E-state index in [4.69, 9.17) is 0 Å². The van der Waals surface area contributed by atoms with Crippen LogP contribution in [0.5, 0.6) is 0 Å². The molecule has 0 aromatic carbocycles. The number of hydrogen-bond donors (Lipinski definition) is 0. The van der Waals surface area contributed by atoms with Gasteiger partial charge in [0.2, 0.25) is 0 Å². The van der Waals surface area contributed by atoms with Gasteiger partial charge in [-0.05, 0) is 0 Å². The molecule has 0 radical (unpaired) electrons. The molecule has 0 aromatic heterocycles. The van der Waals surface area contributed by atoms with Crippen molar-refractivity contribution in [3.05, 3.63) is 0 Å². The fourth-order valence-corrected chi connectivity index (χ4v) is 0.297. The van der Waals surface area contributed by atoms with Crippen LogP contribution >= 0.6 is 0 Å². The van der Waals surface area contributed by atoms with Gasteiger partial charge < -0.3 is 5.11 Å². The molecule has 0 aromatic rings. The summed E-state index contributed by atoms with van der Waals surface area (Å²) in [7, 11) is 0. The largest absolute Gasteiger partial charge is 1.00 e.